The van der Waals surface area contributed by atoms with Gasteiger partial charge in [-0.1, -0.05) is 12.2 Å². The highest BCUT2D eigenvalue weighted by Crippen LogP contribution is 2.41. The third-order valence-electron chi connectivity index (χ3n) is 3.64. The van der Waals surface area contributed by atoms with Gasteiger partial charge in [-0.2, -0.15) is 0 Å². The van der Waals surface area contributed by atoms with E-state index in [0.717, 1.165) is 0 Å². The number of ether oxygens (including phenoxy) is 3. The summed E-state index contributed by atoms with van der Waals surface area (Å²) < 4.78 is 14.8. The summed E-state index contributed by atoms with van der Waals surface area (Å²) in [6, 6.07) is -0.712. The van der Waals surface area contributed by atoms with Crippen molar-refractivity contribution in [3.8, 4) is 0 Å². The smallest absolute Gasteiger partial charge is 0.410 e. The quantitative estimate of drug-likeness (QED) is 0.417. The first-order valence-corrected chi connectivity index (χ1v) is 6.25. The second-order valence-electron chi connectivity index (χ2n) is 4.89. The summed E-state index contributed by atoms with van der Waals surface area (Å²) >= 11 is 0. The summed E-state index contributed by atoms with van der Waals surface area (Å²) in [5.74, 6) is -1.35. The molecule has 3 atom stereocenters. The largest absolute Gasteiger partial charge is 0.466 e. The molecule has 1 amide bonds. The Bertz CT molecular complexity index is 473. The van der Waals surface area contributed by atoms with Crippen LogP contribution in [0, 0.1) is 5.92 Å². The summed E-state index contributed by atoms with van der Waals surface area (Å²) in [4.78, 5) is 36.7. The predicted molar refractivity (Wildman–Crippen MR) is 66.7 cm³/mol. The summed E-state index contributed by atoms with van der Waals surface area (Å²) in [7, 11) is 2.49. The zero-order chi connectivity index (χ0) is 14.9. The molecule has 1 aliphatic carbocycles. The fourth-order valence-corrected chi connectivity index (χ4v) is 2.93. The van der Waals surface area contributed by atoms with Gasteiger partial charge in [0.2, 0.25) is 5.60 Å². The number of carbonyl (C=O) groups is 3. The molecule has 3 aliphatic rings. The fourth-order valence-electron chi connectivity index (χ4n) is 2.93. The number of piperidine rings is 1. The molecule has 20 heavy (non-hydrogen) atoms. The van der Waals surface area contributed by atoms with Crippen LogP contribution in [0.5, 0.6) is 0 Å². The third kappa shape index (κ3) is 2.13. The van der Waals surface area contributed by atoms with Crippen molar-refractivity contribution in [1.29, 1.82) is 0 Å². The first-order chi connectivity index (χ1) is 9.44. The minimum absolute atomic E-state index is 0.0856. The van der Waals surface area contributed by atoms with E-state index in [1.54, 1.807) is 6.08 Å². The maximum Gasteiger partial charge on any atom is 0.410 e. The Morgan fingerprint density at radius 1 is 1.20 bits per heavy atom. The van der Waals surface area contributed by atoms with Crippen LogP contribution in [0.4, 0.5) is 4.79 Å². The fraction of sp³-hybridized carbons (Fsp3) is 0.615. The van der Waals surface area contributed by atoms with Crippen molar-refractivity contribution in [3.05, 3.63) is 12.2 Å². The minimum Gasteiger partial charge on any atom is -0.466 e. The number of rotatable bonds is 2. The lowest BCUT2D eigenvalue weighted by atomic mass is 9.74. The van der Waals surface area contributed by atoms with Gasteiger partial charge < -0.3 is 14.2 Å². The number of nitrogens with zero attached hydrogens (tertiary/aromatic N) is 1. The molecular weight excluding hydrogens is 266 g/mol. The Balaban J connectivity index is 2.42. The van der Waals surface area contributed by atoms with Crippen molar-refractivity contribution >= 4 is 18.0 Å². The standard InChI is InChI=1S/C13H17NO6/c1-8(15)20-13(11(16)18-2)6-9-4-5-10(13)14(7-9)12(17)19-3/h4-5,9-10H,6-7H2,1-3H3/t9-,10+,13+/m1/s1. The van der Waals surface area contributed by atoms with E-state index in [-0.39, 0.29) is 5.92 Å². The predicted octanol–water partition coefficient (Wildman–Crippen LogP) is 0.488. The Hall–Kier alpha value is -2.05. The molecule has 1 fully saturated rings. The van der Waals surface area contributed by atoms with Crippen LogP contribution in [0.1, 0.15) is 13.3 Å². The molecule has 7 nitrogen and oxygen atoms in total. The molecular formula is C13H17NO6. The highest BCUT2D eigenvalue weighted by molar-refractivity contribution is 5.86. The van der Waals surface area contributed by atoms with Crippen molar-refractivity contribution in [3.63, 3.8) is 0 Å². The molecule has 0 radical (unpaired) electrons. The zero-order valence-corrected chi connectivity index (χ0v) is 11.6. The van der Waals surface area contributed by atoms with Gasteiger partial charge in [-0.25, -0.2) is 9.59 Å². The van der Waals surface area contributed by atoms with Crippen LogP contribution in [0.2, 0.25) is 0 Å². The van der Waals surface area contributed by atoms with Gasteiger partial charge in [-0.05, 0) is 5.92 Å². The van der Waals surface area contributed by atoms with Gasteiger partial charge in [0.25, 0.3) is 0 Å². The van der Waals surface area contributed by atoms with Gasteiger partial charge in [0.1, 0.15) is 6.04 Å². The SMILES string of the molecule is COC(=O)N1C[C@@H]2C=C[C@H]1[C@](OC(C)=O)(C(=O)OC)C2. The number of hydrogen-bond acceptors (Lipinski definition) is 6. The Morgan fingerprint density at radius 3 is 2.40 bits per heavy atom. The monoisotopic (exact) mass is 283 g/mol. The highest BCUT2D eigenvalue weighted by Gasteiger charge is 2.59. The molecule has 0 aromatic carbocycles. The van der Waals surface area contributed by atoms with Crippen LogP contribution in [0.15, 0.2) is 12.2 Å². The molecule has 0 N–H and O–H groups in total. The van der Waals surface area contributed by atoms with E-state index in [9.17, 15) is 14.4 Å². The van der Waals surface area contributed by atoms with Gasteiger partial charge in [-0.3, -0.25) is 9.69 Å². The molecule has 0 aromatic heterocycles. The number of carbonyl (C=O) groups excluding carboxylic acids is 3. The van der Waals surface area contributed by atoms with Crippen molar-refractivity contribution in [2.24, 2.45) is 5.92 Å². The number of amides is 1. The van der Waals surface area contributed by atoms with Crippen molar-refractivity contribution in [1.82, 2.24) is 4.90 Å². The van der Waals surface area contributed by atoms with Gasteiger partial charge in [0.15, 0.2) is 0 Å². The molecule has 110 valence electrons. The first-order valence-electron chi connectivity index (χ1n) is 6.25. The van der Waals surface area contributed by atoms with E-state index in [0.29, 0.717) is 13.0 Å². The Morgan fingerprint density at radius 2 is 1.90 bits per heavy atom. The van der Waals surface area contributed by atoms with Crippen LogP contribution < -0.4 is 0 Å². The van der Waals surface area contributed by atoms with E-state index < -0.39 is 29.7 Å². The lowest BCUT2D eigenvalue weighted by Gasteiger charge is -2.50. The average molecular weight is 283 g/mol. The number of methoxy groups -OCH3 is 2. The Labute approximate surface area is 116 Å². The number of fused-ring (bicyclic) bond motifs is 2. The van der Waals surface area contributed by atoms with Crippen molar-refractivity contribution in [2.75, 3.05) is 20.8 Å². The van der Waals surface area contributed by atoms with E-state index >= 15 is 0 Å². The maximum atomic E-state index is 12.2. The molecule has 2 aliphatic heterocycles. The normalized spacial score (nSPS) is 30.9. The van der Waals surface area contributed by atoms with Crippen LogP contribution in [-0.2, 0) is 23.8 Å². The topological polar surface area (TPSA) is 82.1 Å². The molecule has 0 unspecified atom stereocenters. The van der Waals surface area contributed by atoms with E-state index in [1.807, 2.05) is 6.08 Å². The van der Waals surface area contributed by atoms with Gasteiger partial charge >= 0.3 is 18.0 Å². The summed E-state index contributed by atoms with van der Waals surface area (Å²) in [5, 5.41) is 0. The molecule has 0 aromatic rings. The van der Waals surface area contributed by atoms with Gasteiger partial charge in [0.05, 0.1) is 14.2 Å². The summed E-state index contributed by atoms with van der Waals surface area (Å²) in [6.07, 6.45) is 3.33. The van der Waals surface area contributed by atoms with Crippen molar-refractivity contribution in [2.45, 2.75) is 25.0 Å². The van der Waals surface area contributed by atoms with Crippen LogP contribution in [0.3, 0.4) is 0 Å². The average Bonchev–Trinajstić information content (AvgIpc) is 2.45. The summed E-state index contributed by atoms with van der Waals surface area (Å²) in [6.45, 7) is 1.65. The first kappa shape index (κ1) is 14.4. The Kier molecular flexibility index (Phi) is 3.69. The second-order valence-corrected chi connectivity index (χ2v) is 4.89. The van der Waals surface area contributed by atoms with Gasteiger partial charge in [0, 0.05) is 19.9 Å². The lowest BCUT2D eigenvalue weighted by Crippen LogP contribution is -2.67. The van der Waals surface area contributed by atoms with Crippen LogP contribution in [-0.4, -0.2) is 55.3 Å². The van der Waals surface area contributed by atoms with E-state index in [4.69, 9.17) is 14.2 Å². The molecule has 2 heterocycles. The van der Waals surface area contributed by atoms with Crippen LogP contribution >= 0.6 is 0 Å². The molecule has 0 spiro atoms. The van der Waals surface area contributed by atoms with E-state index in [1.165, 1.54) is 26.0 Å². The van der Waals surface area contributed by atoms with E-state index in [2.05, 4.69) is 0 Å². The molecule has 0 saturated carbocycles. The summed E-state index contributed by atoms with van der Waals surface area (Å²) in [5.41, 5.74) is -1.49. The highest BCUT2D eigenvalue weighted by atomic mass is 16.6. The van der Waals surface area contributed by atoms with Crippen molar-refractivity contribution < 1.29 is 28.6 Å². The van der Waals surface area contributed by atoms with Crippen LogP contribution in [0.25, 0.3) is 0 Å². The molecule has 7 heteroatoms. The molecule has 1 saturated heterocycles. The minimum atomic E-state index is -1.49. The zero-order valence-electron chi connectivity index (χ0n) is 11.6. The van der Waals surface area contributed by atoms with Gasteiger partial charge in [-0.15, -0.1) is 0 Å². The third-order valence-corrected chi connectivity index (χ3v) is 3.64. The maximum absolute atomic E-state index is 12.2. The number of hydrogen-bond donors (Lipinski definition) is 0. The molecule has 3 rings (SSSR count). The number of esters is 2. The lowest BCUT2D eigenvalue weighted by molar-refractivity contribution is -0.193. The second kappa shape index (κ2) is 5.15. The molecule has 2 bridgehead atoms.